The number of ether oxygens (including phenoxy) is 1. The zero-order valence-electron chi connectivity index (χ0n) is 14.6. The number of fused-ring (bicyclic) bond motifs is 1. The Bertz CT molecular complexity index is 904. The van der Waals surface area contributed by atoms with Crippen LogP contribution < -0.4 is 10.1 Å². The van der Waals surface area contributed by atoms with E-state index in [0.29, 0.717) is 5.69 Å². The number of benzene rings is 2. The van der Waals surface area contributed by atoms with E-state index >= 15 is 0 Å². The van der Waals surface area contributed by atoms with Crippen LogP contribution in [0.5, 0.6) is 5.75 Å². The minimum absolute atomic E-state index is 0.0691. The average molecular weight is 332 g/mol. The standard InChI is InChI=1S/C21H20N2O2/c1-14-5-4-6-18(9-14)23-20(24)17(13-22)11-15-7-8-19-16(10-15)12-21(2,3)25-19/h4-11H,12H2,1-3H3,(H,23,24)/b17-11+. The Morgan fingerprint density at radius 3 is 2.80 bits per heavy atom. The lowest BCUT2D eigenvalue weighted by atomic mass is 9.99. The number of carbonyl (C=O) groups excluding carboxylic acids is 1. The number of nitriles is 1. The number of amides is 1. The summed E-state index contributed by atoms with van der Waals surface area (Å²) in [5.74, 6) is 0.454. The van der Waals surface area contributed by atoms with Crippen LogP contribution >= 0.6 is 0 Å². The second-order valence-electron chi connectivity index (χ2n) is 6.90. The van der Waals surface area contributed by atoms with Crippen molar-refractivity contribution in [3.63, 3.8) is 0 Å². The Morgan fingerprint density at radius 2 is 2.08 bits per heavy atom. The van der Waals surface area contributed by atoms with Gasteiger partial charge >= 0.3 is 0 Å². The summed E-state index contributed by atoms with van der Waals surface area (Å²) in [6.45, 7) is 6.03. The largest absolute Gasteiger partial charge is 0.487 e. The molecule has 1 aliphatic heterocycles. The smallest absolute Gasteiger partial charge is 0.266 e. The average Bonchev–Trinajstić information content (AvgIpc) is 2.85. The number of aryl methyl sites for hydroxylation is 1. The summed E-state index contributed by atoms with van der Waals surface area (Å²) in [5.41, 5.74) is 3.48. The zero-order chi connectivity index (χ0) is 18.0. The maximum atomic E-state index is 12.4. The molecule has 1 aliphatic rings. The van der Waals surface area contributed by atoms with Crippen molar-refractivity contribution in [1.82, 2.24) is 0 Å². The van der Waals surface area contributed by atoms with Gasteiger partial charge in [-0.25, -0.2) is 0 Å². The zero-order valence-corrected chi connectivity index (χ0v) is 14.6. The molecule has 0 radical (unpaired) electrons. The summed E-state index contributed by atoms with van der Waals surface area (Å²) < 4.78 is 5.85. The van der Waals surface area contributed by atoms with Crippen LogP contribution in [0.15, 0.2) is 48.0 Å². The van der Waals surface area contributed by atoms with E-state index in [1.165, 1.54) is 0 Å². The Balaban J connectivity index is 1.82. The predicted octanol–water partition coefficient (Wildman–Crippen LogP) is 4.25. The highest BCUT2D eigenvalue weighted by atomic mass is 16.5. The summed E-state index contributed by atoms with van der Waals surface area (Å²) in [4.78, 5) is 12.4. The first kappa shape index (κ1) is 16.8. The Kier molecular flexibility index (Phi) is 4.33. The van der Waals surface area contributed by atoms with Crippen molar-refractivity contribution >= 4 is 17.7 Å². The number of anilines is 1. The van der Waals surface area contributed by atoms with Crippen LogP contribution in [0.2, 0.25) is 0 Å². The third kappa shape index (κ3) is 3.89. The highest BCUT2D eigenvalue weighted by Crippen LogP contribution is 2.35. The molecule has 1 amide bonds. The van der Waals surface area contributed by atoms with E-state index in [-0.39, 0.29) is 11.2 Å². The molecule has 0 atom stereocenters. The molecule has 0 aromatic heterocycles. The second-order valence-corrected chi connectivity index (χ2v) is 6.90. The lowest BCUT2D eigenvalue weighted by Gasteiger charge is -2.16. The van der Waals surface area contributed by atoms with Crippen molar-refractivity contribution in [2.45, 2.75) is 32.8 Å². The fourth-order valence-corrected chi connectivity index (χ4v) is 2.96. The summed E-state index contributed by atoms with van der Waals surface area (Å²) in [6, 6.07) is 15.2. The van der Waals surface area contributed by atoms with Gasteiger partial charge in [0, 0.05) is 12.1 Å². The summed E-state index contributed by atoms with van der Waals surface area (Å²) in [5, 5.41) is 12.1. The minimum Gasteiger partial charge on any atom is -0.487 e. The molecule has 0 spiro atoms. The van der Waals surface area contributed by atoms with Crippen molar-refractivity contribution in [1.29, 1.82) is 5.26 Å². The number of nitrogens with one attached hydrogen (secondary N) is 1. The molecule has 0 saturated carbocycles. The number of nitrogens with zero attached hydrogens (tertiary/aromatic N) is 1. The van der Waals surface area contributed by atoms with Gasteiger partial charge in [0.2, 0.25) is 0 Å². The summed E-state index contributed by atoms with van der Waals surface area (Å²) in [6.07, 6.45) is 2.41. The third-order valence-corrected chi connectivity index (χ3v) is 4.04. The van der Waals surface area contributed by atoms with E-state index in [1.807, 2.05) is 63.2 Å². The van der Waals surface area contributed by atoms with Crippen molar-refractivity contribution in [2.75, 3.05) is 5.32 Å². The van der Waals surface area contributed by atoms with Crippen molar-refractivity contribution in [3.8, 4) is 11.8 Å². The second kappa shape index (κ2) is 6.45. The molecule has 4 heteroatoms. The fourth-order valence-electron chi connectivity index (χ4n) is 2.96. The normalized spacial score (nSPS) is 15.0. The quantitative estimate of drug-likeness (QED) is 0.675. The molecule has 0 bridgehead atoms. The predicted molar refractivity (Wildman–Crippen MR) is 98.3 cm³/mol. The van der Waals surface area contributed by atoms with Crippen LogP contribution in [-0.2, 0) is 11.2 Å². The number of hydrogen-bond donors (Lipinski definition) is 1. The highest BCUT2D eigenvalue weighted by Gasteiger charge is 2.29. The van der Waals surface area contributed by atoms with Crippen molar-refractivity contribution < 1.29 is 9.53 Å². The van der Waals surface area contributed by atoms with Crippen LogP contribution in [0, 0.1) is 18.3 Å². The molecule has 0 saturated heterocycles. The molecule has 126 valence electrons. The monoisotopic (exact) mass is 332 g/mol. The lowest BCUT2D eigenvalue weighted by Crippen LogP contribution is -2.24. The summed E-state index contributed by atoms with van der Waals surface area (Å²) >= 11 is 0. The molecule has 2 aromatic rings. The van der Waals surface area contributed by atoms with Gasteiger partial charge in [0.25, 0.3) is 5.91 Å². The molecule has 0 fully saturated rings. The van der Waals surface area contributed by atoms with Crippen molar-refractivity contribution in [2.24, 2.45) is 0 Å². The molecule has 3 rings (SSSR count). The van der Waals surface area contributed by atoms with Gasteiger partial charge in [0.1, 0.15) is 23.0 Å². The van der Waals surface area contributed by atoms with Gasteiger partial charge in [-0.2, -0.15) is 5.26 Å². The van der Waals surface area contributed by atoms with E-state index in [1.54, 1.807) is 12.1 Å². The Hall–Kier alpha value is -3.06. The van der Waals surface area contributed by atoms with Crippen molar-refractivity contribution in [3.05, 3.63) is 64.7 Å². The first-order valence-electron chi connectivity index (χ1n) is 8.18. The lowest BCUT2D eigenvalue weighted by molar-refractivity contribution is -0.112. The van der Waals surface area contributed by atoms with Crippen LogP contribution in [0.4, 0.5) is 5.69 Å². The number of carbonyl (C=O) groups is 1. The molecule has 4 nitrogen and oxygen atoms in total. The molecule has 1 N–H and O–H groups in total. The van der Waals surface area contributed by atoms with E-state index in [2.05, 4.69) is 5.32 Å². The first-order chi connectivity index (χ1) is 11.9. The van der Waals surface area contributed by atoms with Crippen LogP contribution in [0.25, 0.3) is 6.08 Å². The molecular formula is C21H20N2O2. The molecule has 0 aliphatic carbocycles. The van der Waals surface area contributed by atoms with E-state index < -0.39 is 5.91 Å². The fraction of sp³-hybridized carbons (Fsp3) is 0.238. The highest BCUT2D eigenvalue weighted by molar-refractivity contribution is 6.09. The SMILES string of the molecule is Cc1cccc(NC(=O)/C(C#N)=C/c2ccc3c(c2)CC(C)(C)O3)c1. The molecule has 2 aromatic carbocycles. The molecule has 25 heavy (non-hydrogen) atoms. The first-order valence-corrected chi connectivity index (χ1v) is 8.18. The topological polar surface area (TPSA) is 62.1 Å². The summed E-state index contributed by atoms with van der Waals surface area (Å²) in [7, 11) is 0. The van der Waals surface area contributed by atoms with Gasteiger partial charge in [-0.05, 0) is 67.8 Å². The van der Waals surface area contributed by atoms with Gasteiger partial charge < -0.3 is 10.1 Å². The maximum Gasteiger partial charge on any atom is 0.266 e. The van der Waals surface area contributed by atoms with E-state index in [9.17, 15) is 10.1 Å². The van der Waals surface area contributed by atoms with E-state index in [4.69, 9.17) is 4.74 Å². The Morgan fingerprint density at radius 1 is 1.28 bits per heavy atom. The Labute approximate surface area is 147 Å². The van der Waals surface area contributed by atoms with Gasteiger partial charge in [-0.1, -0.05) is 18.2 Å². The number of hydrogen-bond acceptors (Lipinski definition) is 3. The molecule has 1 heterocycles. The molecular weight excluding hydrogens is 312 g/mol. The van der Waals surface area contributed by atoms with E-state index in [0.717, 1.165) is 28.9 Å². The molecule has 0 unspecified atom stereocenters. The van der Waals surface area contributed by atoms with Gasteiger partial charge in [0.15, 0.2) is 0 Å². The van der Waals surface area contributed by atoms with Crippen LogP contribution in [-0.4, -0.2) is 11.5 Å². The third-order valence-electron chi connectivity index (χ3n) is 4.04. The van der Waals surface area contributed by atoms with Gasteiger partial charge in [-0.3, -0.25) is 4.79 Å². The maximum absolute atomic E-state index is 12.4. The van der Waals surface area contributed by atoms with Crippen LogP contribution in [0.1, 0.15) is 30.5 Å². The minimum atomic E-state index is -0.412. The number of rotatable bonds is 3. The van der Waals surface area contributed by atoms with Gasteiger partial charge in [0.05, 0.1) is 0 Å². The van der Waals surface area contributed by atoms with Crippen LogP contribution in [0.3, 0.4) is 0 Å². The van der Waals surface area contributed by atoms with Gasteiger partial charge in [-0.15, -0.1) is 0 Å².